The lowest BCUT2D eigenvalue weighted by molar-refractivity contribution is -0.141. The Kier molecular flexibility index (Phi) is 5.56. The van der Waals surface area contributed by atoms with Gasteiger partial charge < -0.3 is 4.74 Å². The standard InChI is InChI=1S/C17H16Cl3NO4/c18-11-7-13(20)14(8-12(11)19)25-15(22)5-6-21-16(23)9-3-1-2-4-10(9)17(21)24/h7-10H,1-6H2/t9-,10-/m0/s1. The SMILES string of the molecule is O=C(CCN1C(=O)[C@H]2CCCC[C@@H]2C1=O)Oc1cc(Cl)c(Cl)cc1Cl. The molecular formula is C17H16Cl3NO4. The van der Waals surface area contributed by atoms with Crippen molar-refractivity contribution in [2.75, 3.05) is 6.54 Å². The number of nitrogens with zero attached hydrogens (tertiary/aromatic N) is 1. The summed E-state index contributed by atoms with van der Waals surface area (Å²) < 4.78 is 5.17. The maximum Gasteiger partial charge on any atom is 0.313 e. The molecule has 1 aliphatic carbocycles. The predicted octanol–water partition coefficient (Wildman–Crippen LogP) is 4.12. The van der Waals surface area contributed by atoms with E-state index in [0.717, 1.165) is 25.7 Å². The molecule has 1 heterocycles. The minimum Gasteiger partial charge on any atom is -0.425 e. The van der Waals surface area contributed by atoms with Crippen LogP contribution in [0.1, 0.15) is 32.1 Å². The number of carbonyl (C=O) groups excluding carboxylic acids is 3. The van der Waals surface area contributed by atoms with Gasteiger partial charge in [0, 0.05) is 12.6 Å². The van der Waals surface area contributed by atoms with Crippen molar-refractivity contribution in [1.82, 2.24) is 4.90 Å². The van der Waals surface area contributed by atoms with Gasteiger partial charge in [-0.05, 0) is 18.9 Å². The van der Waals surface area contributed by atoms with Gasteiger partial charge >= 0.3 is 5.97 Å². The van der Waals surface area contributed by atoms with E-state index >= 15 is 0 Å². The van der Waals surface area contributed by atoms with E-state index in [2.05, 4.69) is 0 Å². The van der Waals surface area contributed by atoms with Crippen LogP contribution in [0.25, 0.3) is 0 Å². The van der Waals surface area contributed by atoms with Crippen LogP contribution >= 0.6 is 34.8 Å². The average molecular weight is 405 g/mol. The van der Waals surface area contributed by atoms with Crippen molar-refractivity contribution >= 4 is 52.6 Å². The molecule has 8 heteroatoms. The first-order valence-electron chi connectivity index (χ1n) is 8.09. The zero-order chi connectivity index (χ0) is 18.1. The first kappa shape index (κ1) is 18.5. The van der Waals surface area contributed by atoms with Crippen molar-refractivity contribution in [2.24, 2.45) is 11.8 Å². The molecule has 2 fully saturated rings. The Morgan fingerprint density at radius 2 is 1.56 bits per heavy atom. The molecule has 2 aliphatic rings. The monoisotopic (exact) mass is 403 g/mol. The van der Waals surface area contributed by atoms with Gasteiger partial charge in [0.25, 0.3) is 0 Å². The topological polar surface area (TPSA) is 63.7 Å². The van der Waals surface area contributed by atoms with E-state index in [-0.39, 0.29) is 57.4 Å². The molecule has 1 aliphatic heterocycles. The molecule has 0 N–H and O–H groups in total. The van der Waals surface area contributed by atoms with Crippen LogP contribution < -0.4 is 4.74 Å². The van der Waals surface area contributed by atoms with Crippen molar-refractivity contribution in [3.05, 3.63) is 27.2 Å². The summed E-state index contributed by atoms with van der Waals surface area (Å²) >= 11 is 17.7. The average Bonchev–Trinajstić information content (AvgIpc) is 2.82. The number of rotatable bonds is 4. The molecule has 1 saturated carbocycles. The number of hydrogen-bond acceptors (Lipinski definition) is 4. The number of hydrogen-bond donors (Lipinski definition) is 0. The Bertz CT molecular complexity index is 713. The molecule has 1 aromatic carbocycles. The van der Waals surface area contributed by atoms with Crippen molar-refractivity contribution in [3.63, 3.8) is 0 Å². The number of carbonyl (C=O) groups is 3. The molecule has 1 aromatic rings. The van der Waals surface area contributed by atoms with Crippen molar-refractivity contribution in [2.45, 2.75) is 32.1 Å². The van der Waals surface area contributed by atoms with Crippen LogP contribution in [0, 0.1) is 11.8 Å². The summed E-state index contributed by atoms with van der Waals surface area (Å²) in [6.07, 6.45) is 3.31. The van der Waals surface area contributed by atoms with Crippen molar-refractivity contribution in [3.8, 4) is 5.75 Å². The van der Waals surface area contributed by atoms with Crippen LogP contribution in [0.5, 0.6) is 5.75 Å². The lowest BCUT2D eigenvalue weighted by Gasteiger charge is -2.19. The molecule has 5 nitrogen and oxygen atoms in total. The fraction of sp³-hybridized carbons (Fsp3) is 0.471. The van der Waals surface area contributed by atoms with Crippen LogP contribution in [0.2, 0.25) is 15.1 Å². The summed E-state index contributed by atoms with van der Waals surface area (Å²) in [7, 11) is 0. The van der Waals surface area contributed by atoms with Crippen LogP contribution in [0.15, 0.2) is 12.1 Å². The summed E-state index contributed by atoms with van der Waals surface area (Å²) in [5, 5.41) is 0.618. The van der Waals surface area contributed by atoms with E-state index in [4.69, 9.17) is 39.5 Å². The molecule has 0 bridgehead atoms. The number of esters is 1. The second-order valence-corrected chi connectivity index (χ2v) is 7.47. The van der Waals surface area contributed by atoms with Crippen LogP contribution in [0.3, 0.4) is 0 Å². The molecule has 2 atom stereocenters. The Hall–Kier alpha value is -1.30. The minimum absolute atomic E-state index is 0.0163. The van der Waals surface area contributed by atoms with Crippen LogP contribution in [-0.4, -0.2) is 29.2 Å². The lowest BCUT2D eigenvalue weighted by Crippen LogP contribution is -2.33. The van der Waals surface area contributed by atoms with E-state index < -0.39 is 5.97 Å². The number of imide groups is 1. The minimum atomic E-state index is -0.601. The Morgan fingerprint density at radius 1 is 1.00 bits per heavy atom. The van der Waals surface area contributed by atoms with Gasteiger partial charge in [-0.3, -0.25) is 19.3 Å². The number of fused-ring (bicyclic) bond motifs is 1. The zero-order valence-corrected chi connectivity index (χ0v) is 15.5. The van der Waals surface area contributed by atoms with E-state index in [0.29, 0.717) is 0 Å². The third-order valence-electron chi connectivity index (χ3n) is 4.67. The lowest BCUT2D eigenvalue weighted by atomic mass is 9.81. The first-order valence-corrected chi connectivity index (χ1v) is 9.22. The molecular weight excluding hydrogens is 389 g/mol. The van der Waals surface area contributed by atoms with Gasteiger partial charge in [-0.25, -0.2) is 0 Å². The summed E-state index contributed by atoms with van der Waals surface area (Å²) in [6.45, 7) is 0.0163. The van der Waals surface area contributed by atoms with E-state index in [1.165, 1.54) is 17.0 Å². The maximum absolute atomic E-state index is 12.4. The highest BCUT2D eigenvalue weighted by Gasteiger charge is 2.47. The van der Waals surface area contributed by atoms with E-state index in [1.807, 2.05) is 0 Å². The highest BCUT2D eigenvalue weighted by Crippen LogP contribution is 2.38. The molecule has 2 amide bonds. The number of ether oxygens (including phenoxy) is 1. The first-order chi connectivity index (χ1) is 11.9. The van der Waals surface area contributed by atoms with Crippen molar-refractivity contribution in [1.29, 1.82) is 0 Å². The second-order valence-electron chi connectivity index (χ2n) is 6.25. The van der Waals surface area contributed by atoms with Gasteiger partial charge in [0.15, 0.2) is 5.75 Å². The smallest absolute Gasteiger partial charge is 0.313 e. The van der Waals surface area contributed by atoms with E-state index in [9.17, 15) is 14.4 Å². The Morgan fingerprint density at radius 3 is 2.16 bits per heavy atom. The number of likely N-dealkylation sites (tertiary alicyclic amines) is 1. The fourth-order valence-corrected chi connectivity index (χ4v) is 3.99. The van der Waals surface area contributed by atoms with Gasteiger partial charge in [0.1, 0.15) is 0 Å². The molecule has 3 rings (SSSR count). The van der Waals surface area contributed by atoms with Crippen LogP contribution in [-0.2, 0) is 14.4 Å². The number of halogens is 3. The highest BCUT2D eigenvalue weighted by atomic mass is 35.5. The van der Waals surface area contributed by atoms with Gasteiger partial charge in [0.05, 0.1) is 33.3 Å². The molecule has 134 valence electrons. The number of benzene rings is 1. The third kappa shape index (κ3) is 3.78. The summed E-state index contributed by atoms with van der Waals surface area (Å²) in [6, 6.07) is 2.73. The molecule has 1 saturated heterocycles. The normalized spacial score (nSPS) is 22.9. The molecule has 0 spiro atoms. The molecule has 0 unspecified atom stereocenters. The largest absolute Gasteiger partial charge is 0.425 e. The van der Waals surface area contributed by atoms with Gasteiger partial charge in [-0.15, -0.1) is 0 Å². The third-order valence-corrected chi connectivity index (χ3v) is 5.69. The van der Waals surface area contributed by atoms with Gasteiger partial charge in [-0.2, -0.15) is 0 Å². The molecule has 0 aromatic heterocycles. The Labute approximate surface area is 160 Å². The van der Waals surface area contributed by atoms with Gasteiger partial charge in [-0.1, -0.05) is 47.6 Å². The maximum atomic E-state index is 12.4. The summed E-state index contributed by atoms with van der Waals surface area (Å²) in [4.78, 5) is 37.9. The second kappa shape index (κ2) is 7.52. The predicted molar refractivity (Wildman–Crippen MR) is 93.9 cm³/mol. The van der Waals surface area contributed by atoms with Gasteiger partial charge in [0.2, 0.25) is 11.8 Å². The summed E-state index contributed by atoms with van der Waals surface area (Å²) in [5.74, 6) is -1.29. The van der Waals surface area contributed by atoms with Crippen LogP contribution in [0.4, 0.5) is 0 Å². The molecule has 25 heavy (non-hydrogen) atoms. The summed E-state index contributed by atoms with van der Waals surface area (Å²) in [5.41, 5.74) is 0. The Balaban J connectivity index is 1.60. The van der Waals surface area contributed by atoms with Crippen molar-refractivity contribution < 1.29 is 19.1 Å². The molecule has 0 radical (unpaired) electrons. The van der Waals surface area contributed by atoms with E-state index in [1.54, 1.807) is 0 Å². The number of amides is 2. The zero-order valence-electron chi connectivity index (χ0n) is 13.3. The quantitative estimate of drug-likeness (QED) is 0.328. The highest BCUT2D eigenvalue weighted by molar-refractivity contribution is 6.43. The fourth-order valence-electron chi connectivity index (χ4n) is 3.41.